The normalized spacial score (nSPS) is 28.9. The van der Waals surface area contributed by atoms with E-state index >= 15 is 0 Å². The minimum absolute atomic E-state index is 0.0616. The summed E-state index contributed by atoms with van der Waals surface area (Å²) in [5.74, 6) is 0. The van der Waals surface area contributed by atoms with Gasteiger partial charge in [-0.15, -0.1) is 0 Å². The molecule has 4 atom stereocenters. The monoisotopic (exact) mass is 367 g/mol. The third-order valence-corrected chi connectivity index (χ3v) is 4.83. The van der Waals surface area contributed by atoms with E-state index in [0.29, 0.717) is 6.61 Å². The van der Waals surface area contributed by atoms with Gasteiger partial charge in [-0.2, -0.15) is 0 Å². The molecule has 3 rings (SSSR count). The second-order valence-electron chi connectivity index (χ2n) is 6.61. The van der Waals surface area contributed by atoms with Gasteiger partial charge in [0.25, 0.3) is 0 Å². The van der Waals surface area contributed by atoms with Crippen LogP contribution in [0.4, 0.5) is 9.18 Å². The Morgan fingerprint density at radius 2 is 2.12 bits per heavy atom. The van der Waals surface area contributed by atoms with Gasteiger partial charge in [0.1, 0.15) is 12.7 Å². The first-order chi connectivity index (χ1) is 12.7. The SMILES string of the molecule is CO[C@H]1CN(C(=O)OCc2ccccc2)[C@@H](COC2CCCCO2)[C@@H]1F. The second-order valence-corrected chi connectivity index (χ2v) is 6.61. The Hall–Kier alpha value is -1.70. The molecule has 1 unspecified atom stereocenters. The largest absolute Gasteiger partial charge is 0.445 e. The van der Waals surface area contributed by atoms with E-state index < -0.39 is 24.4 Å². The van der Waals surface area contributed by atoms with Crippen LogP contribution in [-0.2, 0) is 25.6 Å². The summed E-state index contributed by atoms with van der Waals surface area (Å²) in [4.78, 5) is 13.8. The third kappa shape index (κ3) is 4.72. The standard InChI is InChI=1S/C19H26FNO5/c1-23-16-11-21(19(22)26-12-14-7-3-2-4-8-14)15(18(16)20)13-25-17-9-5-6-10-24-17/h2-4,7-8,15-18H,5-6,9-13H2,1H3/t15-,16-,17?,18-/m0/s1. The van der Waals surface area contributed by atoms with Gasteiger partial charge in [-0.3, -0.25) is 4.90 Å². The smallest absolute Gasteiger partial charge is 0.410 e. The van der Waals surface area contributed by atoms with Gasteiger partial charge in [-0.25, -0.2) is 9.18 Å². The quantitative estimate of drug-likeness (QED) is 0.774. The van der Waals surface area contributed by atoms with Crippen molar-refractivity contribution in [1.82, 2.24) is 4.90 Å². The van der Waals surface area contributed by atoms with Crippen molar-refractivity contribution < 1.29 is 28.1 Å². The van der Waals surface area contributed by atoms with Crippen LogP contribution < -0.4 is 0 Å². The van der Waals surface area contributed by atoms with E-state index in [4.69, 9.17) is 18.9 Å². The molecule has 7 heteroatoms. The highest BCUT2D eigenvalue weighted by atomic mass is 19.1. The Kier molecular flexibility index (Phi) is 6.82. The first-order valence-corrected chi connectivity index (χ1v) is 9.06. The van der Waals surface area contributed by atoms with Gasteiger partial charge in [0.05, 0.1) is 19.2 Å². The summed E-state index contributed by atoms with van der Waals surface area (Å²) in [5.41, 5.74) is 0.878. The zero-order chi connectivity index (χ0) is 18.4. The molecule has 0 saturated carbocycles. The van der Waals surface area contributed by atoms with E-state index in [0.717, 1.165) is 24.8 Å². The van der Waals surface area contributed by atoms with Crippen molar-refractivity contribution >= 4 is 6.09 Å². The molecule has 2 aliphatic heterocycles. The van der Waals surface area contributed by atoms with Crippen LogP contribution in [-0.4, -0.2) is 62.5 Å². The Morgan fingerprint density at radius 3 is 2.81 bits per heavy atom. The van der Waals surface area contributed by atoms with Crippen molar-refractivity contribution in [2.24, 2.45) is 0 Å². The lowest BCUT2D eigenvalue weighted by molar-refractivity contribution is -0.171. The first-order valence-electron chi connectivity index (χ1n) is 9.06. The lowest BCUT2D eigenvalue weighted by Gasteiger charge is -2.28. The van der Waals surface area contributed by atoms with Gasteiger partial charge in [-0.05, 0) is 24.8 Å². The molecule has 0 bridgehead atoms. The average molecular weight is 367 g/mol. The molecular weight excluding hydrogens is 341 g/mol. The zero-order valence-electron chi connectivity index (χ0n) is 15.0. The van der Waals surface area contributed by atoms with Gasteiger partial charge in [0, 0.05) is 13.7 Å². The Labute approximate surface area is 153 Å². The number of nitrogens with zero attached hydrogens (tertiary/aromatic N) is 1. The van der Waals surface area contributed by atoms with Crippen LogP contribution in [0.2, 0.25) is 0 Å². The van der Waals surface area contributed by atoms with Crippen LogP contribution in [0.5, 0.6) is 0 Å². The number of rotatable bonds is 6. The van der Waals surface area contributed by atoms with E-state index in [-0.39, 0.29) is 26.0 Å². The number of amides is 1. The summed E-state index contributed by atoms with van der Waals surface area (Å²) in [6.45, 7) is 0.999. The molecule has 1 aromatic rings. The number of carbonyl (C=O) groups is 1. The highest BCUT2D eigenvalue weighted by Crippen LogP contribution is 2.26. The maximum atomic E-state index is 14.7. The molecule has 2 heterocycles. The Bertz CT molecular complexity index is 566. The fraction of sp³-hybridized carbons (Fsp3) is 0.632. The number of benzene rings is 1. The lowest BCUT2D eigenvalue weighted by Crippen LogP contribution is -2.43. The van der Waals surface area contributed by atoms with Crippen LogP contribution in [0.15, 0.2) is 30.3 Å². The molecule has 2 saturated heterocycles. The molecule has 0 spiro atoms. The van der Waals surface area contributed by atoms with Gasteiger partial charge in [0.2, 0.25) is 0 Å². The van der Waals surface area contributed by atoms with Crippen LogP contribution in [0.1, 0.15) is 24.8 Å². The van der Waals surface area contributed by atoms with Crippen molar-refractivity contribution in [3.05, 3.63) is 35.9 Å². The topological polar surface area (TPSA) is 57.2 Å². The van der Waals surface area contributed by atoms with E-state index in [1.54, 1.807) is 0 Å². The summed E-state index contributed by atoms with van der Waals surface area (Å²) in [5, 5.41) is 0. The van der Waals surface area contributed by atoms with Crippen molar-refractivity contribution in [1.29, 1.82) is 0 Å². The fourth-order valence-corrected chi connectivity index (χ4v) is 3.30. The molecule has 0 aromatic heterocycles. The number of ether oxygens (including phenoxy) is 4. The molecule has 1 amide bonds. The van der Waals surface area contributed by atoms with Crippen molar-refractivity contribution in [2.45, 2.75) is 50.5 Å². The van der Waals surface area contributed by atoms with E-state index in [9.17, 15) is 9.18 Å². The molecule has 0 N–H and O–H groups in total. The molecule has 1 aromatic carbocycles. The van der Waals surface area contributed by atoms with Gasteiger partial charge >= 0.3 is 6.09 Å². The maximum Gasteiger partial charge on any atom is 0.410 e. The number of carbonyl (C=O) groups excluding carboxylic acids is 1. The summed E-state index contributed by atoms with van der Waals surface area (Å²) in [6, 6.07) is 8.64. The molecule has 0 radical (unpaired) electrons. The van der Waals surface area contributed by atoms with Crippen LogP contribution >= 0.6 is 0 Å². The summed E-state index contributed by atoms with van der Waals surface area (Å²) in [6.07, 6.45) is -0.0751. The van der Waals surface area contributed by atoms with E-state index in [1.807, 2.05) is 30.3 Å². The second kappa shape index (κ2) is 9.30. The maximum absolute atomic E-state index is 14.7. The third-order valence-electron chi connectivity index (χ3n) is 4.83. The average Bonchev–Trinajstić information content (AvgIpc) is 3.02. The van der Waals surface area contributed by atoms with Crippen molar-refractivity contribution in [3.8, 4) is 0 Å². The number of alkyl halides is 1. The minimum Gasteiger partial charge on any atom is -0.445 e. The number of likely N-dealkylation sites (tertiary alicyclic amines) is 1. The molecular formula is C19H26FNO5. The number of hydrogen-bond donors (Lipinski definition) is 0. The molecule has 2 fully saturated rings. The molecule has 2 aliphatic rings. The molecule has 0 aliphatic carbocycles. The van der Waals surface area contributed by atoms with Crippen molar-refractivity contribution in [3.63, 3.8) is 0 Å². The zero-order valence-corrected chi connectivity index (χ0v) is 15.0. The lowest BCUT2D eigenvalue weighted by atomic mass is 10.1. The van der Waals surface area contributed by atoms with Crippen molar-refractivity contribution in [2.75, 3.05) is 26.9 Å². The van der Waals surface area contributed by atoms with E-state index in [2.05, 4.69) is 0 Å². The van der Waals surface area contributed by atoms with Crippen LogP contribution in [0.3, 0.4) is 0 Å². The van der Waals surface area contributed by atoms with Gasteiger partial charge < -0.3 is 18.9 Å². The number of hydrogen-bond acceptors (Lipinski definition) is 5. The number of halogens is 1. The van der Waals surface area contributed by atoms with Crippen LogP contribution in [0.25, 0.3) is 0 Å². The fourth-order valence-electron chi connectivity index (χ4n) is 3.30. The molecule has 26 heavy (non-hydrogen) atoms. The predicted molar refractivity (Wildman–Crippen MR) is 92.4 cm³/mol. The first kappa shape index (κ1) is 19.1. The summed E-state index contributed by atoms with van der Waals surface area (Å²) < 4.78 is 36.4. The molecule has 144 valence electrons. The highest BCUT2D eigenvalue weighted by Gasteiger charge is 2.46. The predicted octanol–water partition coefficient (Wildman–Crippen LogP) is 2.90. The number of methoxy groups -OCH3 is 1. The summed E-state index contributed by atoms with van der Waals surface area (Å²) >= 11 is 0. The van der Waals surface area contributed by atoms with E-state index in [1.165, 1.54) is 12.0 Å². The minimum atomic E-state index is -1.33. The highest BCUT2D eigenvalue weighted by molar-refractivity contribution is 5.69. The molecule has 6 nitrogen and oxygen atoms in total. The Balaban J connectivity index is 1.57. The van der Waals surface area contributed by atoms with Gasteiger partial charge in [0.15, 0.2) is 12.5 Å². The van der Waals surface area contributed by atoms with Crippen LogP contribution in [0, 0.1) is 0 Å². The Morgan fingerprint density at radius 1 is 1.31 bits per heavy atom. The summed E-state index contributed by atoms with van der Waals surface area (Å²) in [7, 11) is 1.44. The van der Waals surface area contributed by atoms with Gasteiger partial charge in [-0.1, -0.05) is 30.3 Å².